The summed E-state index contributed by atoms with van der Waals surface area (Å²) in [6.07, 6.45) is 3.44. The van der Waals surface area contributed by atoms with E-state index in [1.54, 1.807) is 37.7 Å². The molecule has 4 aromatic rings. The highest BCUT2D eigenvalue weighted by atomic mass is 32.1. The summed E-state index contributed by atoms with van der Waals surface area (Å²) in [5.41, 5.74) is 3.36. The number of carbonyl (C=O) groups is 2. The van der Waals surface area contributed by atoms with Crippen LogP contribution in [-0.4, -0.2) is 23.9 Å². The molecule has 0 aliphatic rings. The van der Waals surface area contributed by atoms with Crippen LogP contribution in [0.2, 0.25) is 0 Å². The highest BCUT2D eigenvalue weighted by molar-refractivity contribution is 7.12. The Morgan fingerprint density at radius 2 is 1.54 bits per heavy atom. The summed E-state index contributed by atoms with van der Waals surface area (Å²) in [7, 11) is 1.58. The first-order chi connectivity index (χ1) is 17.1. The van der Waals surface area contributed by atoms with Crippen molar-refractivity contribution in [2.75, 3.05) is 7.11 Å². The van der Waals surface area contributed by atoms with Crippen molar-refractivity contribution in [2.45, 2.75) is 19.7 Å². The number of benzene rings is 2. The van der Waals surface area contributed by atoms with Crippen LogP contribution in [0.4, 0.5) is 0 Å². The van der Waals surface area contributed by atoms with Crippen LogP contribution in [0, 0.1) is 0 Å². The van der Waals surface area contributed by atoms with Crippen LogP contribution in [-0.2, 0) is 19.7 Å². The molecule has 2 aromatic heterocycles. The summed E-state index contributed by atoms with van der Waals surface area (Å²) >= 11 is 1.40. The van der Waals surface area contributed by atoms with E-state index >= 15 is 0 Å². The zero-order valence-corrected chi connectivity index (χ0v) is 20.0. The number of thiophene rings is 1. The lowest BCUT2D eigenvalue weighted by molar-refractivity contribution is 0.0943. The molecule has 0 aliphatic heterocycles. The maximum atomic E-state index is 12.6. The van der Waals surface area contributed by atoms with Crippen LogP contribution in [0.3, 0.4) is 0 Å². The standard InChI is InChI=1S/C27H25N3O4S/c1-33-24-15-21(6-9-23(24)34-18-20-10-12-28-13-11-20)17-29-26(31)22-7-4-19(5-8-22)16-30-27(32)25-3-2-14-35-25/h2-15H,16-18H2,1H3,(H,29,31)(H,30,32). The molecular formula is C27H25N3O4S. The van der Waals surface area contributed by atoms with Gasteiger partial charge in [-0.15, -0.1) is 11.3 Å². The van der Waals surface area contributed by atoms with E-state index in [1.807, 2.05) is 53.9 Å². The monoisotopic (exact) mass is 487 g/mol. The van der Waals surface area contributed by atoms with Crippen LogP contribution in [0.1, 0.15) is 36.7 Å². The summed E-state index contributed by atoms with van der Waals surface area (Å²) < 4.78 is 11.3. The Hall–Kier alpha value is -4.17. The molecule has 0 aliphatic carbocycles. The number of rotatable bonds is 10. The summed E-state index contributed by atoms with van der Waals surface area (Å²) in [4.78, 5) is 29.3. The zero-order chi connectivity index (χ0) is 24.5. The van der Waals surface area contributed by atoms with Gasteiger partial charge < -0.3 is 20.1 Å². The third kappa shape index (κ3) is 6.68. The van der Waals surface area contributed by atoms with Crippen LogP contribution >= 0.6 is 11.3 Å². The van der Waals surface area contributed by atoms with E-state index in [-0.39, 0.29) is 11.8 Å². The molecule has 35 heavy (non-hydrogen) atoms. The number of aromatic nitrogens is 1. The van der Waals surface area contributed by atoms with E-state index in [1.165, 1.54) is 11.3 Å². The molecule has 2 heterocycles. The molecule has 0 saturated heterocycles. The van der Waals surface area contributed by atoms with Gasteiger partial charge >= 0.3 is 0 Å². The predicted octanol–water partition coefficient (Wildman–Crippen LogP) is 4.59. The quantitative estimate of drug-likeness (QED) is 0.342. The Labute approximate surface area is 207 Å². The van der Waals surface area contributed by atoms with Crippen molar-refractivity contribution in [3.8, 4) is 11.5 Å². The molecule has 2 amide bonds. The predicted molar refractivity (Wildman–Crippen MR) is 135 cm³/mol. The van der Waals surface area contributed by atoms with Crippen LogP contribution in [0.15, 0.2) is 84.5 Å². The van der Waals surface area contributed by atoms with Gasteiger partial charge in [-0.3, -0.25) is 14.6 Å². The number of nitrogens with one attached hydrogen (secondary N) is 2. The highest BCUT2D eigenvalue weighted by Crippen LogP contribution is 2.29. The van der Waals surface area contributed by atoms with Crippen molar-refractivity contribution in [3.63, 3.8) is 0 Å². The molecule has 178 valence electrons. The van der Waals surface area contributed by atoms with E-state index in [4.69, 9.17) is 9.47 Å². The van der Waals surface area contributed by atoms with Gasteiger partial charge in [0, 0.05) is 31.0 Å². The van der Waals surface area contributed by atoms with Crippen molar-refractivity contribution in [3.05, 3.63) is 112 Å². The molecule has 0 atom stereocenters. The van der Waals surface area contributed by atoms with E-state index < -0.39 is 0 Å². The topological polar surface area (TPSA) is 89.6 Å². The molecule has 0 bridgehead atoms. The Balaban J connectivity index is 1.28. The minimum Gasteiger partial charge on any atom is -0.493 e. The number of hydrogen-bond donors (Lipinski definition) is 2. The molecular weight excluding hydrogens is 462 g/mol. The Kier molecular flexibility index (Phi) is 8.08. The molecule has 0 fully saturated rings. The fourth-order valence-electron chi connectivity index (χ4n) is 3.32. The molecule has 0 radical (unpaired) electrons. The second-order valence-corrected chi connectivity index (χ2v) is 8.62. The number of ether oxygens (including phenoxy) is 2. The first-order valence-corrected chi connectivity index (χ1v) is 11.9. The van der Waals surface area contributed by atoms with Gasteiger partial charge in [-0.2, -0.15) is 0 Å². The van der Waals surface area contributed by atoms with Crippen molar-refractivity contribution in [1.29, 1.82) is 0 Å². The molecule has 2 aromatic carbocycles. The SMILES string of the molecule is COc1cc(CNC(=O)c2ccc(CNC(=O)c3cccs3)cc2)ccc1OCc1ccncc1. The molecule has 0 unspecified atom stereocenters. The van der Waals surface area contributed by atoms with Gasteiger partial charge in [0.15, 0.2) is 11.5 Å². The maximum Gasteiger partial charge on any atom is 0.261 e. The molecule has 8 heteroatoms. The largest absolute Gasteiger partial charge is 0.493 e. The summed E-state index contributed by atoms with van der Waals surface area (Å²) in [5.74, 6) is 0.933. The number of amides is 2. The average molecular weight is 488 g/mol. The van der Waals surface area contributed by atoms with Crippen LogP contribution in [0.5, 0.6) is 11.5 Å². The second-order valence-electron chi connectivity index (χ2n) is 7.67. The van der Waals surface area contributed by atoms with Gasteiger partial charge in [0.05, 0.1) is 12.0 Å². The molecule has 0 spiro atoms. The number of nitrogens with zero attached hydrogens (tertiary/aromatic N) is 1. The first kappa shape index (κ1) is 24.0. The lowest BCUT2D eigenvalue weighted by atomic mass is 10.1. The second kappa shape index (κ2) is 11.8. The minimum absolute atomic E-state index is 0.106. The zero-order valence-electron chi connectivity index (χ0n) is 19.2. The Morgan fingerprint density at radius 3 is 2.26 bits per heavy atom. The molecule has 2 N–H and O–H groups in total. The van der Waals surface area contributed by atoms with Gasteiger partial charge in [0.2, 0.25) is 0 Å². The Morgan fingerprint density at radius 1 is 0.829 bits per heavy atom. The number of hydrogen-bond acceptors (Lipinski definition) is 6. The Bertz CT molecular complexity index is 1260. The molecule has 4 rings (SSSR count). The van der Waals surface area contributed by atoms with Crippen molar-refractivity contribution in [1.82, 2.24) is 15.6 Å². The van der Waals surface area contributed by atoms with E-state index in [9.17, 15) is 9.59 Å². The normalized spacial score (nSPS) is 10.4. The van der Waals surface area contributed by atoms with Crippen LogP contribution < -0.4 is 20.1 Å². The third-order valence-electron chi connectivity index (χ3n) is 5.24. The third-order valence-corrected chi connectivity index (χ3v) is 6.11. The fraction of sp³-hybridized carbons (Fsp3) is 0.148. The fourth-order valence-corrected chi connectivity index (χ4v) is 3.96. The smallest absolute Gasteiger partial charge is 0.261 e. The van der Waals surface area contributed by atoms with Gasteiger partial charge in [-0.05, 0) is 64.5 Å². The molecule has 0 saturated carbocycles. The highest BCUT2D eigenvalue weighted by Gasteiger charge is 2.10. The maximum absolute atomic E-state index is 12.6. The van der Waals surface area contributed by atoms with Crippen molar-refractivity contribution in [2.24, 2.45) is 0 Å². The lowest BCUT2D eigenvalue weighted by Gasteiger charge is -2.13. The van der Waals surface area contributed by atoms with Gasteiger partial charge in [0.1, 0.15) is 6.61 Å². The first-order valence-electron chi connectivity index (χ1n) is 11.0. The average Bonchev–Trinajstić information content (AvgIpc) is 3.45. The lowest BCUT2D eigenvalue weighted by Crippen LogP contribution is -2.23. The van der Waals surface area contributed by atoms with E-state index in [0.717, 1.165) is 16.7 Å². The molecule has 7 nitrogen and oxygen atoms in total. The summed E-state index contributed by atoms with van der Waals surface area (Å²) in [6.45, 7) is 1.15. The van der Waals surface area contributed by atoms with Crippen LogP contribution in [0.25, 0.3) is 0 Å². The van der Waals surface area contributed by atoms with Crippen molar-refractivity contribution < 1.29 is 19.1 Å². The van der Waals surface area contributed by atoms with Crippen molar-refractivity contribution >= 4 is 23.2 Å². The minimum atomic E-state index is -0.184. The number of carbonyl (C=O) groups excluding carboxylic acids is 2. The van der Waals surface area contributed by atoms with E-state index in [2.05, 4.69) is 15.6 Å². The summed E-state index contributed by atoms with van der Waals surface area (Å²) in [6, 6.07) is 20.2. The van der Waals surface area contributed by atoms with E-state index in [0.29, 0.717) is 41.6 Å². The number of pyridine rings is 1. The van der Waals surface area contributed by atoms with Gasteiger partial charge in [-0.25, -0.2) is 0 Å². The number of methoxy groups -OCH3 is 1. The summed E-state index contributed by atoms with van der Waals surface area (Å²) in [5, 5.41) is 7.66. The van der Waals surface area contributed by atoms with Gasteiger partial charge in [0.25, 0.3) is 11.8 Å². The van der Waals surface area contributed by atoms with Gasteiger partial charge in [-0.1, -0.05) is 24.3 Å².